The first kappa shape index (κ1) is 10.7. The van der Waals surface area contributed by atoms with Crippen molar-refractivity contribution in [3.63, 3.8) is 0 Å². The van der Waals surface area contributed by atoms with Crippen LogP contribution in [0.15, 0.2) is 0 Å². The van der Waals surface area contributed by atoms with Gasteiger partial charge in [0.1, 0.15) is 0 Å². The van der Waals surface area contributed by atoms with Crippen LogP contribution < -0.4 is 0 Å². The molecule has 0 aliphatic carbocycles. The topological polar surface area (TPSA) is 61.9 Å². The molecule has 0 saturated heterocycles. The lowest BCUT2D eigenvalue weighted by Gasteiger charge is -2.12. The van der Waals surface area contributed by atoms with E-state index in [0.717, 1.165) is 0 Å². The Labute approximate surface area is 83.5 Å². The van der Waals surface area contributed by atoms with Crippen molar-refractivity contribution in [2.75, 3.05) is 14.1 Å². The molecular formula is C9H16N4O. The van der Waals surface area contributed by atoms with Gasteiger partial charge in [0.15, 0.2) is 5.82 Å². The maximum Gasteiger partial charge on any atom is 0.290 e. The highest BCUT2D eigenvalue weighted by atomic mass is 16.2. The summed E-state index contributed by atoms with van der Waals surface area (Å²) in [6.45, 7) is 6.00. The molecule has 0 aliphatic heterocycles. The summed E-state index contributed by atoms with van der Waals surface area (Å²) >= 11 is 0. The third-order valence-electron chi connectivity index (χ3n) is 1.76. The summed E-state index contributed by atoms with van der Waals surface area (Å²) in [5.41, 5.74) is -0.138. The predicted molar refractivity (Wildman–Crippen MR) is 53.1 cm³/mol. The Balaban J connectivity index is 2.95. The van der Waals surface area contributed by atoms with Gasteiger partial charge >= 0.3 is 0 Å². The van der Waals surface area contributed by atoms with E-state index in [1.165, 1.54) is 4.90 Å². The number of nitrogens with one attached hydrogen (secondary N) is 1. The second-order valence-electron chi connectivity index (χ2n) is 4.46. The molecule has 0 saturated carbocycles. The molecular weight excluding hydrogens is 180 g/mol. The van der Waals surface area contributed by atoms with Crippen LogP contribution in [0.3, 0.4) is 0 Å². The van der Waals surface area contributed by atoms with Gasteiger partial charge in [-0.05, 0) is 0 Å². The molecule has 5 heteroatoms. The van der Waals surface area contributed by atoms with E-state index in [9.17, 15) is 4.79 Å². The number of nitrogens with zero attached hydrogens (tertiary/aromatic N) is 3. The van der Waals surface area contributed by atoms with Crippen molar-refractivity contribution in [3.05, 3.63) is 11.6 Å². The number of hydrogen-bond donors (Lipinski definition) is 1. The predicted octanol–water partition coefficient (Wildman–Crippen LogP) is 0.804. The van der Waals surface area contributed by atoms with Crippen molar-refractivity contribution >= 4 is 5.91 Å². The van der Waals surface area contributed by atoms with E-state index in [0.29, 0.717) is 11.6 Å². The molecule has 0 fully saturated rings. The van der Waals surface area contributed by atoms with E-state index in [-0.39, 0.29) is 11.3 Å². The zero-order valence-electron chi connectivity index (χ0n) is 9.25. The molecule has 1 aromatic heterocycles. The van der Waals surface area contributed by atoms with Crippen LogP contribution in [0.5, 0.6) is 0 Å². The van der Waals surface area contributed by atoms with Gasteiger partial charge in [0, 0.05) is 19.5 Å². The lowest BCUT2D eigenvalue weighted by atomic mass is 9.96. The second-order valence-corrected chi connectivity index (χ2v) is 4.46. The summed E-state index contributed by atoms with van der Waals surface area (Å²) in [7, 11) is 3.36. The fourth-order valence-electron chi connectivity index (χ4n) is 0.905. The van der Waals surface area contributed by atoms with Crippen LogP contribution in [0.1, 0.15) is 37.2 Å². The molecule has 0 radical (unpaired) electrons. The molecule has 0 unspecified atom stereocenters. The van der Waals surface area contributed by atoms with Gasteiger partial charge in [-0.3, -0.25) is 9.89 Å². The van der Waals surface area contributed by atoms with E-state index in [4.69, 9.17) is 0 Å². The Morgan fingerprint density at radius 2 is 1.93 bits per heavy atom. The number of amides is 1. The Kier molecular flexibility index (Phi) is 2.59. The van der Waals surface area contributed by atoms with Crippen LogP contribution in [-0.2, 0) is 5.41 Å². The first-order valence-corrected chi connectivity index (χ1v) is 4.47. The molecule has 1 amide bonds. The van der Waals surface area contributed by atoms with E-state index < -0.39 is 0 Å². The molecule has 78 valence electrons. The maximum absolute atomic E-state index is 11.5. The largest absolute Gasteiger partial charge is 0.342 e. The minimum absolute atomic E-state index is 0.138. The van der Waals surface area contributed by atoms with E-state index in [2.05, 4.69) is 15.2 Å². The Hall–Kier alpha value is -1.39. The Morgan fingerprint density at radius 3 is 2.29 bits per heavy atom. The minimum atomic E-state index is -0.159. The minimum Gasteiger partial charge on any atom is -0.342 e. The fourth-order valence-corrected chi connectivity index (χ4v) is 0.905. The van der Waals surface area contributed by atoms with E-state index in [1.54, 1.807) is 14.1 Å². The average molecular weight is 196 g/mol. The number of aromatic nitrogens is 3. The number of rotatable bonds is 1. The van der Waals surface area contributed by atoms with Crippen LogP contribution in [-0.4, -0.2) is 40.1 Å². The summed E-state index contributed by atoms with van der Waals surface area (Å²) in [4.78, 5) is 17.1. The van der Waals surface area contributed by atoms with Crippen LogP contribution >= 0.6 is 0 Å². The highest BCUT2D eigenvalue weighted by molar-refractivity contribution is 5.89. The van der Waals surface area contributed by atoms with Crippen molar-refractivity contribution < 1.29 is 4.79 Å². The zero-order chi connectivity index (χ0) is 10.9. The van der Waals surface area contributed by atoms with Gasteiger partial charge < -0.3 is 4.90 Å². The number of H-pyrrole nitrogens is 1. The third kappa shape index (κ3) is 2.10. The third-order valence-corrected chi connectivity index (χ3v) is 1.76. The standard InChI is InChI=1S/C9H16N4O/c1-9(2,3)8-10-6(11-12-8)7(14)13(4)5/h1-5H3,(H,10,11,12). The van der Waals surface area contributed by atoms with Gasteiger partial charge in [-0.2, -0.15) is 5.10 Å². The molecule has 14 heavy (non-hydrogen) atoms. The molecule has 1 heterocycles. The number of hydrogen-bond acceptors (Lipinski definition) is 3. The normalized spacial score (nSPS) is 11.5. The molecule has 0 aromatic carbocycles. The summed E-state index contributed by atoms with van der Waals surface area (Å²) in [5.74, 6) is 0.788. The quantitative estimate of drug-likeness (QED) is 0.722. The van der Waals surface area contributed by atoms with Crippen LogP contribution in [0.25, 0.3) is 0 Å². The fraction of sp³-hybridized carbons (Fsp3) is 0.667. The van der Waals surface area contributed by atoms with Gasteiger partial charge in [-0.15, -0.1) is 0 Å². The Bertz CT molecular complexity index is 335. The van der Waals surface area contributed by atoms with Gasteiger partial charge in [0.2, 0.25) is 5.82 Å². The van der Waals surface area contributed by atoms with Crippen molar-refractivity contribution in [2.45, 2.75) is 26.2 Å². The first-order chi connectivity index (χ1) is 6.32. The van der Waals surface area contributed by atoms with Crippen molar-refractivity contribution in [1.29, 1.82) is 0 Å². The number of carbonyl (C=O) groups is 1. The number of aromatic amines is 1. The Morgan fingerprint density at radius 1 is 1.36 bits per heavy atom. The highest BCUT2D eigenvalue weighted by Crippen LogP contribution is 2.17. The zero-order valence-corrected chi connectivity index (χ0v) is 9.25. The van der Waals surface area contributed by atoms with Crippen molar-refractivity contribution in [1.82, 2.24) is 20.1 Å². The van der Waals surface area contributed by atoms with Crippen LogP contribution in [0.4, 0.5) is 0 Å². The maximum atomic E-state index is 11.5. The molecule has 0 spiro atoms. The van der Waals surface area contributed by atoms with Crippen molar-refractivity contribution in [2.24, 2.45) is 0 Å². The lowest BCUT2D eigenvalue weighted by Crippen LogP contribution is -2.23. The van der Waals surface area contributed by atoms with Gasteiger partial charge in [-0.1, -0.05) is 20.8 Å². The summed E-state index contributed by atoms with van der Waals surface area (Å²) < 4.78 is 0. The highest BCUT2D eigenvalue weighted by Gasteiger charge is 2.21. The molecule has 0 atom stereocenters. The first-order valence-electron chi connectivity index (χ1n) is 4.47. The molecule has 0 aliphatic rings. The lowest BCUT2D eigenvalue weighted by molar-refractivity contribution is 0.0816. The van der Waals surface area contributed by atoms with Crippen molar-refractivity contribution in [3.8, 4) is 0 Å². The average Bonchev–Trinajstić information content (AvgIpc) is 2.49. The van der Waals surface area contributed by atoms with Crippen LogP contribution in [0.2, 0.25) is 0 Å². The van der Waals surface area contributed by atoms with E-state index >= 15 is 0 Å². The molecule has 1 aromatic rings. The molecule has 1 N–H and O–H groups in total. The summed E-state index contributed by atoms with van der Waals surface area (Å²) in [6, 6.07) is 0. The van der Waals surface area contributed by atoms with Gasteiger partial charge in [0.05, 0.1) is 0 Å². The van der Waals surface area contributed by atoms with E-state index in [1.807, 2.05) is 20.8 Å². The molecule has 5 nitrogen and oxygen atoms in total. The van der Waals surface area contributed by atoms with Crippen LogP contribution in [0, 0.1) is 0 Å². The summed E-state index contributed by atoms with van der Waals surface area (Å²) in [6.07, 6.45) is 0. The molecule has 1 rings (SSSR count). The van der Waals surface area contributed by atoms with Gasteiger partial charge in [-0.25, -0.2) is 4.98 Å². The molecule has 0 bridgehead atoms. The smallest absolute Gasteiger partial charge is 0.290 e. The summed E-state index contributed by atoms with van der Waals surface area (Å²) in [5, 5.41) is 6.65. The number of carbonyl (C=O) groups excluding carboxylic acids is 1. The monoisotopic (exact) mass is 196 g/mol. The second kappa shape index (κ2) is 3.40. The van der Waals surface area contributed by atoms with Gasteiger partial charge in [0.25, 0.3) is 5.91 Å². The SMILES string of the molecule is CN(C)C(=O)c1nc(C(C)(C)C)n[nH]1.